The third-order valence-electron chi connectivity index (χ3n) is 5.00. The smallest absolute Gasteiger partial charge is 0.0786 e. The highest BCUT2D eigenvalue weighted by Gasteiger charge is 2.19. The van der Waals surface area contributed by atoms with Gasteiger partial charge in [-0.2, -0.15) is 0 Å². The van der Waals surface area contributed by atoms with Crippen LogP contribution in [0.4, 0.5) is 0 Å². The van der Waals surface area contributed by atoms with Gasteiger partial charge in [-0.05, 0) is 33.6 Å². The minimum absolute atomic E-state index is 0. The van der Waals surface area contributed by atoms with Crippen molar-refractivity contribution in [2.75, 3.05) is 26.2 Å². The topological polar surface area (TPSA) is 30.0 Å². The predicted molar refractivity (Wildman–Crippen MR) is 90.5 cm³/mol. The maximum atomic E-state index is 2.35. The lowest BCUT2D eigenvalue weighted by molar-refractivity contribution is -0.923. The fourth-order valence-electron chi connectivity index (χ4n) is 3.08. The van der Waals surface area contributed by atoms with Crippen LogP contribution >= 0.6 is 0 Å². The van der Waals surface area contributed by atoms with Crippen LogP contribution < -0.4 is 0 Å². The SMILES string of the molecule is CCCCCCCCCCCC[N+](CC)(CC)CC.[OH-]. The molecule has 0 spiro atoms. The van der Waals surface area contributed by atoms with Crippen molar-refractivity contribution in [1.29, 1.82) is 0 Å². The Bertz CT molecular complexity index is 170. The summed E-state index contributed by atoms with van der Waals surface area (Å²) in [7, 11) is 0. The van der Waals surface area contributed by atoms with Crippen LogP contribution in [0.25, 0.3) is 0 Å². The van der Waals surface area contributed by atoms with E-state index in [1.807, 2.05) is 0 Å². The second-order valence-corrected chi connectivity index (χ2v) is 6.20. The summed E-state index contributed by atoms with van der Waals surface area (Å²) in [4.78, 5) is 0. The molecule has 0 aliphatic carbocycles. The van der Waals surface area contributed by atoms with Gasteiger partial charge in [-0.15, -0.1) is 0 Å². The zero-order valence-corrected chi connectivity index (χ0v) is 14.8. The molecule has 2 heteroatoms. The summed E-state index contributed by atoms with van der Waals surface area (Å²) in [6, 6.07) is 0. The third-order valence-corrected chi connectivity index (χ3v) is 5.00. The lowest BCUT2D eigenvalue weighted by atomic mass is 10.1. The van der Waals surface area contributed by atoms with Crippen LogP contribution in [-0.4, -0.2) is 36.1 Å². The molecule has 0 unspecified atom stereocenters. The third kappa shape index (κ3) is 10.7. The van der Waals surface area contributed by atoms with E-state index in [2.05, 4.69) is 27.7 Å². The van der Waals surface area contributed by atoms with Crippen LogP contribution in [0.1, 0.15) is 91.9 Å². The second-order valence-electron chi connectivity index (χ2n) is 6.20. The van der Waals surface area contributed by atoms with Gasteiger partial charge in [0.2, 0.25) is 0 Å². The first-order chi connectivity index (χ1) is 9.24. The maximum Gasteiger partial charge on any atom is 0.0786 e. The molecule has 0 aromatic heterocycles. The molecule has 0 aromatic carbocycles. The van der Waals surface area contributed by atoms with Crippen LogP contribution in [0, 0.1) is 0 Å². The van der Waals surface area contributed by atoms with E-state index in [4.69, 9.17) is 0 Å². The van der Waals surface area contributed by atoms with Gasteiger partial charge >= 0.3 is 0 Å². The summed E-state index contributed by atoms with van der Waals surface area (Å²) in [6.45, 7) is 14.7. The van der Waals surface area contributed by atoms with E-state index in [9.17, 15) is 0 Å². The number of rotatable bonds is 14. The van der Waals surface area contributed by atoms with E-state index in [1.165, 1.54) is 94.9 Å². The maximum absolute atomic E-state index is 2.35. The van der Waals surface area contributed by atoms with Gasteiger partial charge in [-0.25, -0.2) is 0 Å². The first-order valence-corrected chi connectivity index (χ1v) is 9.09. The van der Waals surface area contributed by atoms with Crippen molar-refractivity contribution in [2.45, 2.75) is 91.9 Å². The first-order valence-electron chi connectivity index (χ1n) is 9.09. The summed E-state index contributed by atoms with van der Waals surface area (Å²) in [5.41, 5.74) is 0. The highest BCUT2D eigenvalue weighted by atomic mass is 16.0. The molecule has 0 aromatic rings. The Morgan fingerprint density at radius 3 is 1.20 bits per heavy atom. The van der Waals surface area contributed by atoms with Gasteiger partial charge in [0.1, 0.15) is 0 Å². The molecule has 0 saturated carbocycles. The van der Waals surface area contributed by atoms with Gasteiger partial charge in [0, 0.05) is 0 Å². The largest absolute Gasteiger partial charge is 0.870 e. The highest BCUT2D eigenvalue weighted by molar-refractivity contribution is 4.48. The zero-order chi connectivity index (χ0) is 14.4. The standard InChI is InChI=1S/C18H40N.H2O/c1-5-9-10-11-12-13-14-15-16-17-18-19(6-2,7-3)8-4;/h5-18H2,1-4H3;1H2/q+1;/p-1. The molecule has 124 valence electrons. The van der Waals surface area contributed by atoms with E-state index >= 15 is 0 Å². The Labute approximate surface area is 128 Å². The molecule has 0 rings (SSSR count). The van der Waals surface area contributed by atoms with Gasteiger partial charge in [-0.1, -0.05) is 58.3 Å². The molecule has 0 aliphatic heterocycles. The van der Waals surface area contributed by atoms with E-state index in [0.717, 1.165) is 0 Å². The molecule has 20 heavy (non-hydrogen) atoms. The fourth-order valence-corrected chi connectivity index (χ4v) is 3.08. The van der Waals surface area contributed by atoms with Gasteiger partial charge in [0.05, 0.1) is 26.2 Å². The lowest BCUT2D eigenvalue weighted by Gasteiger charge is -2.35. The Morgan fingerprint density at radius 2 is 0.850 bits per heavy atom. The molecule has 1 N–H and O–H groups in total. The van der Waals surface area contributed by atoms with Crippen molar-refractivity contribution >= 4 is 0 Å². The molecule has 0 bridgehead atoms. The van der Waals surface area contributed by atoms with Gasteiger partial charge < -0.3 is 9.96 Å². The molecule has 2 nitrogen and oxygen atoms in total. The Balaban J connectivity index is 0. The average Bonchev–Trinajstić information content (AvgIpc) is 2.46. The van der Waals surface area contributed by atoms with Crippen molar-refractivity contribution in [3.63, 3.8) is 0 Å². The van der Waals surface area contributed by atoms with Gasteiger partial charge in [-0.3, -0.25) is 0 Å². The summed E-state index contributed by atoms with van der Waals surface area (Å²) in [6.07, 6.45) is 14.5. The minimum atomic E-state index is 0. The van der Waals surface area contributed by atoms with Crippen LogP contribution in [0.2, 0.25) is 0 Å². The average molecular weight is 288 g/mol. The van der Waals surface area contributed by atoms with E-state index < -0.39 is 0 Å². The quantitative estimate of drug-likeness (QED) is 0.302. The number of nitrogens with zero attached hydrogens (tertiary/aromatic N) is 1. The lowest BCUT2D eigenvalue weighted by Crippen LogP contribution is -2.48. The van der Waals surface area contributed by atoms with E-state index in [1.54, 1.807) is 0 Å². The molecule has 0 fully saturated rings. The fraction of sp³-hybridized carbons (Fsp3) is 1.00. The number of hydrogen-bond acceptors (Lipinski definition) is 1. The van der Waals surface area contributed by atoms with E-state index in [0.29, 0.717) is 0 Å². The molecule has 0 atom stereocenters. The van der Waals surface area contributed by atoms with Crippen LogP contribution in [-0.2, 0) is 0 Å². The first kappa shape index (κ1) is 22.2. The van der Waals surface area contributed by atoms with Crippen molar-refractivity contribution in [1.82, 2.24) is 0 Å². The summed E-state index contributed by atoms with van der Waals surface area (Å²) >= 11 is 0. The summed E-state index contributed by atoms with van der Waals surface area (Å²) in [5.74, 6) is 0. The van der Waals surface area contributed by atoms with Crippen LogP contribution in [0.5, 0.6) is 0 Å². The number of unbranched alkanes of at least 4 members (excludes halogenated alkanes) is 9. The van der Waals surface area contributed by atoms with Gasteiger partial charge in [0.15, 0.2) is 0 Å². The minimum Gasteiger partial charge on any atom is -0.870 e. The van der Waals surface area contributed by atoms with Crippen molar-refractivity contribution in [2.24, 2.45) is 0 Å². The van der Waals surface area contributed by atoms with Crippen molar-refractivity contribution in [3.05, 3.63) is 0 Å². The van der Waals surface area contributed by atoms with E-state index in [-0.39, 0.29) is 5.48 Å². The van der Waals surface area contributed by atoms with Gasteiger partial charge in [0.25, 0.3) is 0 Å². The highest BCUT2D eigenvalue weighted by Crippen LogP contribution is 2.13. The van der Waals surface area contributed by atoms with Crippen LogP contribution in [0.3, 0.4) is 0 Å². The monoisotopic (exact) mass is 287 g/mol. The van der Waals surface area contributed by atoms with Crippen molar-refractivity contribution in [3.8, 4) is 0 Å². The predicted octanol–water partition coefficient (Wildman–Crippen LogP) is 5.61. The molecule has 0 saturated heterocycles. The number of quaternary nitrogens is 1. The molecular weight excluding hydrogens is 246 g/mol. The molecule has 0 heterocycles. The normalized spacial score (nSPS) is 11.4. The Hall–Kier alpha value is -0.0800. The Kier molecular flexibility index (Phi) is 17.0. The summed E-state index contributed by atoms with van der Waals surface area (Å²) in [5, 5.41) is 0. The molecule has 0 aliphatic rings. The second kappa shape index (κ2) is 15.3. The van der Waals surface area contributed by atoms with Crippen molar-refractivity contribution < 1.29 is 9.96 Å². The van der Waals surface area contributed by atoms with Crippen LogP contribution in [0.15, 0.2) is 0 Å². The number of hydrogen-bond donors (Lipinski definition) is 0. The molecule has 0 radical (unpaired) electrons. The Morgan fingerprint density at radius 1 is 0.500 bits per heavy atom. The zero-order valence-electron chi connectivity index (χ0n) is 14.8. The molecular formula is C18H41NO. The molecule has 0 amide bonds. The summed E-state index contributed by atoms with van der Waals surface area (Å²) < 4.78 is 1.33.